The molecule has 0 spiro atoms. The Labute approximate surface area is 58.9 Å². The highest BCUT2D eigenvalue weighted by Gasteiger charge is 1.99. The van der Waals surface area contributed by atoms with Gasteiger partial charge in [-0.2, -0.15) is 0 Å². The Morgan fingerprint density at radius 1 is 1.88 bits per heavy atom. The van der Waals surface area contributed by atoms with Gasteiger partial charge < -0.3 is 4.74 Å². The summed E-state index contributed by atoms with van der Waals surface area (Å²) in [4.78, 5) is 0.266. The fourth-order valence-corrected chi connectivity index (χ4v) is 0.432. The van der Waals surface area contributed by atoms with E-state index in [4.69, 9.17) is 4.74 Å². The molecule has 0 bridgehead atoms. The van der Waals surface area contributed by atoms with Crippen LogP contribution in [0, 0.1) is 0 Å². The quantitative estimate of drug-likeness (QED) is 0.477. The van der Waals surface area contributed by atoms with E-state index in [-0.39, 0.29) is 4.83 Å². The van der Waals surface area contributed by atoms with E-state index in [9.17, 15) is 0 Å². The van der Waals surface area contributed by atoms with E-state index < -0.39 is 0 Å². The Balaban J connectivity index is 3.33. The molecule has 0 aliphatic heterocycles. The minimum atomic E-state index is 0.266. The van der Waals surface area contributed by atoms with Crippen LogP contribution in [0.15, 0.2) is 12.3 Å². The first-order valence-corrected chi connectivity index (χ1v) is 3.55. The van der Waals surface area contributed by atoms with E-state index in [1.165, 1.54) is 0 Å². The maximum absolute atomic E-state index is 5.06. The standard InChI is InChI=1S/C6H11BrO/c1-4-8-6(3)5(2)7/h5H,3-4H2,1-2H3. The molecule has 0 heterocycles. The van der Waals surface area contributed by atoms with Crippen LogP contribution in [-0.2, 0) is 4.74 Å². The second-order valence-electron chi connectivity index (χ2n) is 1.52. The molecule has 0 aromatic heterocycles. The van der Waals surface area contributed by atoms with Crippen LogP contribution in [0.2, 0.25) is 0 Å². The highest BCUT2D eigenvalue weighted by molar-refractivity contribution is 9.09. The summed E-state index contributed by atoms with van der Waals surface area (Å²) in [5.74, 6) is 0.799. The molecule has 2 heteroatoms. The second-order valence-corrected chi connectivity index (χ2v) is 2.89. The van der Waals surface area contributed by atoms with E-state index in [0.29, 0.717) is 6.61 Å². The van der Waals surface area contributed by atoms with Crippen LogP contribution in [0.25, 0.3) is 0 Å². The molecule has 0 saturated heterocycles. The summed E-state index contributed by atoms with van der Waals surface area (Å²) in [6.07, 6.45) is 0. The SMILES string of the molecule is C=C(OCC)C(C)Br. The smallest absolute Gasteiger partial charge is 0.102 e. The normalized spacial score (nSPS) is 12.9. The van der Waals surface area contributed by atoms with Crippen molar-refractivity contribution >= 4 is 15.9 Å². The molecule has 1 unspecified atom stereocenters. The van der Waals surface area contributed by atoms with Crippen LogP contribution in [0.5, 0.6) is 0 Å². The molecule has 0 aliphatic carbocycles. The van der Waals surface area contributed by atoms with Crippen LogP contribution in [0.3, 0.4) is 0 Å². The number of ether oxygens (including phenoxy) is 1. The van der Waals surface area contributed by atoms with Crippen LogP contribution in [-0.4, -0.2) is 11.4 Å². The monoisotopic (exact) mass is 178 g/mol. The first kappa shape index (κ1) is 8.02. The summed E-state index contributed by atoms with van der Waals surface area (Å²) in [6.45, 7) is 8.31. The zero-order chi connectivity index (χ0) is 6.57. The summed E-state index contributed by atoms with van der Waals surface area (Å²) < 4.78 is 5.06. The average Bonchev–Trinajstić information content (AvgIpc) is 1.67. The molecule has 0 fully saturated rings. The molecule has 48 valence electrons. The number of allylic oxidation sites excluding steroid dienone is 1. The summed E-state index contributed by atoms with van der Waals surface area (Å²) in [5.41, 5.74) is 0. The second kappa shape index (κ2) is 3.96. The van der Waals surface area contributed by atoms with Gasteiger partial charge in [0.25, 0.3) is 0 Å². The Bertz CT molecular complexity index is 78.6. The van der Waals surface area contributed by atoms with Gasteiger partial charge in [-0.3, -0.25) is 0 Å². The largest absolute Gasteiger partial charge is 0.498 e. The number of hydrogen-bond acceptors (Lipinski definition) is 1. The molecule has 0 saturated carbocycles. The first-order chi connectivity index (χ1) is 3.68. The molecule has 0 radical (unpaired) electrons. The van der Waals surface area contributed by atoms with Crippen molar-refractivity contribution in [2.24, 2.45) is 0 Å². The lowest BCUT2D eigenvalue weighted by Gasteiger charge is -2.06. The van der Waals surface area contributed by atoms with Gasteiger partial charge in [-0.15, -0.1) is 0 Å². The van der Waals surface area contributed by atoms with Gasteiger partial charge in [-0.05, 0) is 13.8 Å². The highest BCUT2D eigenvalue weighted by Crippen LogP contribution is 2.09. The fourth-order valence-electron chi connectivity index (χ4n) is 0.300. The van der Waals surface area contributed by atoms with Crippen LogP contribution >= 0.6 is 15.9 Å². The molecule has 0 rings (SSSR count). The molecular formula is C6H11BrO. The fraction of sp³-hybridized carbons (Fsp3) is 0.667. The van der Waals surface area contributed by atoms with Gasteiger partial charge in [-0.1, -0.05) is 22.5 Å². The number of halogens is 1. The van der Waals surface area contributed by atoms with E-state index >= 15 is 0 Å². The third kappa shape index (κ3) is 3.08. The van der Waals surface area contributed by atoms with Gasteiger partial charge in [0.15, 0.2) is 0 Å². The lowest BCUT2D eigenvalue weighted by molar-refractivity contribution is 0.226. The van der Waals surface area contributed by atoms with Crippen molar-refractivity contribution in [2.75, 3.05) is 6.61 Å². The van der Waals surface area contributed by atoms with Gasteiger partial charge in [0, 0.05) is 0 Å². The summed E-state index contributed by atoms with van der Waals surface area (Å²) >= 11 is 3.32. The number of rotatable bonds is 3. The summed E-state index contributed by atoms with van der Waals surface area (Å²) in [7, 11) is 0. The molecule has 0 aliphatic rings. The predicted molar refractivity (Wildman–Crippen MR) is 39.2 cm³/mol. The summed E-state index contributed by atoms with van der Waals surface area (Å²) in [6, 6.07) is 0. The predicted octanol–water partition coefficient (Wildman–Crippen LogP) is 2.32. The van der Waals surface area contributed by atoms with Crippen molar-refractivity contribution in [1.82, 2.24) is 0 Å². The van der Waals surface area contributed by atoms with Crippen molar-refractivity contribution in [1.29, 1.82) is 0 Å². The maximum atomic E-state index is 5.06. The van der Waals surface area contributed by atoms with Gasteiger partial charge in [-0.25, -0.2) is 0 Å². The van der Waals surface area contributed by atoms with Crippen molar-refractivity contribution in [3.8, 4) is 0 Å². The van der Waals surface area contributed by atoms with E-state index in [1.807, 2.05) is 13.8 Å². The zero-order valence-corrected chi connectivity index (χ0v) is 6.86. The Hall–Kier alpha value is 0.0200. The first-order valence-electron chi connectivity index (χ1n) is 2.64. The molecule has 0 aromatic rings. The molecule has 0 aromatic carbocycles. The molecule has 1 nitrogen and oxygen atoms in total. The van der Waals surface area contributed by atoms with E-state index in [0.717, 1.165) is 5.76 Å². The molecule has 0 amide bonds. The zero-order valence-electron chi connectivity index (χ0n) is 5.28. The third-order valence-corrected chi connectivity index (χ3v) is 1.28. The van der Waals surface area contributed by atoms with Crippen molar-refractivity contribution in [3.05, 3.63) is 12.3 Å². The summed E-state index contributed by atoms with van der Waals surface area (Å²) in [5, 5.41) is 0. The lowest BCUT2D eigenvalue weighted by atomic mass is 10.4. The number of hydrogen-bond donors (Lipinski definition) is 0. The van der Waals surface area contributed by atoms with Gasteiger partial charge >= 0.3 is 0 Å². The average molecular weight is 179 g/mol. The Morgan fingerprint density at radius 3 is 2.50 bits per heavy atom. The topological polar surface area (TPSA) is 9.23 Å². The van der Waals surface area contributed by atoms with Crippen molar-refractivity contribution in [3.63, 3.8) is 0 Å². The Kier molecular flexibility index (Phi) is 3.97. The van der Waals surface area contributed by atoms with Crippen LogP contribution in [0.1, 0.15) is 13.8 Å². The number of alkyl halides is 1. The van der Waals surface area contributed by atoms with Gasteiger partial charge in [0.05, 0.1) is 11.4 Å². The van der Waals surface area contributed by atoms with Crippen molar-refractivity contribution < 1.29 is 4.74 Å². The Morgan fingerprint density at radius 2 is 2.38 bits per heavy atom. The molecule has 1 atom stereocenters. The van der Waals surface area contributed by atoms with E-state index in [2.05, 4.69) is 22.5 Å². The third-order valence-electron chi connectivity index (χ3n) is 0.773. The van der Waals surface area contributed by atoms with E-state index in [1.54, 1.807) is 0 Å². The minimum absolute atomic E-state index is 0.266. The molecule has 0 N–H and O–H groups in total. The maximum Gasteiger partial charge on any atom is 0.102 e. The molecular weight excluding hydrogens is 168 g/mol. The van der Waals surface area contributed by atoms with Crippen LogP contribution in [0.4, 0.5) is 0 Å². The van der Waals surface area contributed by atoms with Gasteiger partial charge in [0.1, 0.15) is 5.76 Å². The van der Waals surface area contributed by atoms with Crippen LogP contribution < -0.4 is 0 Å². The highest BCUT2D eigenvalue weighted by atomic mass is 79.9. The minimum Gasteiger partial charge on any atom is -0.498 e. The van der Waals surface area contributed by atoms with Gasteiger partial charge in [0.2, 0.25) is 0 Å². The lowest BCUT2D eigenvalue weighted by Crippen LogP contribution is -1.99. The van der Waals surface area contributed by atoms with Crippen molar-refractivity contribution in [2.45, 2.75) is 18.7 Å². The molecule has 8 heavy (non-hydrogen) atoms.